The number of hydrogen-bond acceptors (Lipinski definition) is 5. The summed E-state index contributed by atoms with van der Waals surface area (Å²) in [4.78, 5) is 16.5. The van der Waals surface area contributed by atoms with Crippen LogP contribution in [0.25, 0.3) is 0 Å². The second-order valence-electron chi connectivity index (χ2n) is 6.68. The van der Waals surface area contributed by atoms with Crippen LogP contribution in [-0.4, -0.2) is 46.0 Å². The van der Waals surface area contributed by atoms with E-state index in [1.54, 1.807) is 29.3 Å². The topological polar surface area (TPSA) is 50.2 Å². The van der Waals surface area contributed by atoms with Crippen LogP contribution in [0.4, 0.5) is 5.69 Å². The Morgan fingerprint density at radius 3 is 3.04 bits per heavy atom. The van der Waals surface area contributed by atoms with E-state index in [0.717, 1.165) is 31.0 Å². The van der Waals surface area contributed by atoms with Crippen molar-refractivity contribution in [1.29, 1.82) is 0 Å². The highest BCUT2D eigenvalue weighted by Gasteiger charge is 2.28. The first-order chi connectivity index (χ1) is 12.3. The van der Waals surface area contributed by atoms with Crippen molar-refractivity contribution in [1.82, 2.24) is 14.7 Å². The van der Waals surface area contributed by atoms with Gasteiger partial charge in [0.1, 0.15) is 5.25 Å². The third-order valence-corrected chi connectivity index (χ3v) is 7.15. The number of piperidine rings is 1. The molecule has 1 amide bonds. The number of nitrogens with one attached hydrogen (secondary N) is 1. The zero-order chi connectivity index (χ0) is 17.1. The summed E-state index contributed by atoms with van der Waals surface area (Å²) in [6.07, 6.45) is 8.77. The molecule has 2 aliphatic rings. The standard InChI is InChI=1S/C18H24N4OS2/c23-18(17-15-4-10-24-16(15)5-11-25-17)20-14-12-19-22(13-14)9-8-21-6-2-1-3-7-21/h4,10,12-13,17H,1-3,5-9,11H2,(H,20,23)/t17-/m0/s1. The van der Waals surface area contributed by atoms with E-state index in [2.05, 4.69) is 26.8 Å². The molecule has 0 aromatic carbocycles. The van der Waals surface area contributed by atoms with Crippen molar-refractivity contribution in [2.24, 2.45) is 0 Å². The van der Waals surface area contributed by atoms with E-state index >= 15 is 0 Å². The van der Waals surface area contributed by atoms with Gasteiger partial charge in [0.25, 0.3) is 0 Å². The quantitative estimate of drug-likeness (QED) is 0.869. The molecule has 134 valence electrons. The summed E-state index contributed by atoms with van der Waals surface area (Å²) in [5, 5.41) is 9.45. The van der Waals surface area contributed by atoms with Gasteiger partial charge in [0.2, 0.25) is 5.91 Å². The second kappa shape index (κ2) is 7.93. The molecule has 2 aromatic rings. The molecular formula is C18H24N4OS2. The number of aromatic nitrogens is 2. The van der Waals surface area contributed by atoms with Crippen molar-refractivity contribution in [2.45, 2.75) is 37.5 Å². The van der Waals surface area contributed by atoms with Crippen molar-refractivity contribution < 1.29 is 4.79 Å². The minimum atomic E-state index is -0.0910. The minimum absolute atomic E-state index is 0.0694. The number of amides is 1. The lowest BCUT2D eigenvalue weighted by molar-refractivity contribution is -0.115. The third kappa shape index (κ3) is 4.10. The van der Waals surface area contributed by atoms with Gasteiger partial charge in [0.05, 0.1) is 18.4 Å². The molecule has 1 atom stereocenters. The van der Waals surface area contributed by atoms with Crippen LogP contribution >= 0.6 is 23.1 Å². The maximum absolute atomic E-state index is 12.7. The lowest BCUT2D eigenvalue weighted by Crippen LogP contribution is -2.32. The molecule has 0 radical (unpaired) electrons. The van der Waals surface area contributed by atoms with Gasteiger partial charge in [-0.1, -0.05) is 6.42 Å². The molecule has 4 heterocycles. The van der Waals surface area contributed by atoms with Gasteiger partial charge in [-0.25, -0.2) is 0 Å². The Kier molecular flexibility index (Phi) is 5.43. The van der Waals surface area contributed by atoms with Gasteiger partial charge in [0.15, 0.2) is 0 Å². The summed E-state index contributed by atoms with van der Waals surface area (Å²) in [7, 11) is 0. The van der Waals surface area contributed by atoms with Crippen LogP contribution in [0.3, 0.4) is 0 Å². The maximum atomic E-state index is 12.7. The number of carbonyl (C=O) groups excluding carboxylic acids is 1. The Morgan fingerprint density at radius 1 is 1.28 bits per heavy atom. The predicted octanol–water partition coefficient (Wildman–Crippen LogP) is 3.40. The number of likely N-dealkylation sites (tertiary alicyclic amines) is 1. The highest BCUT2D eigenvalue weighted by molar-refractivity contribution is 8.00. The maximum Gasteiger partial charge on any atom is 0.242 e. The summed E-state index contributed by atoms with van der Waals surface area (Å²) in [5.74, 6) is 1.08. The molecule has 4 rings (SSSR count). The minimum Gasteiger partial charge on any atom is -0.322 e. The summed E-state index contributed by atoms with van der Waals surface area (Å²) in [6, 6.07) is 2.10. The van der Waals surface area contributed by atoms with Crippen LogP contribution in [0.15, 0.2) is 23.8 Å². The van der Waals surface area contributed by atoms with Crippen LogP contribution in [0.2, 0.25) is 0 Å². The van der Waals surface area contributed by atoms with Gasteiger partial charge in [-0.2, -0.15) is 5.10 Å². The smallest absolute Gasteiger partial charge is 0.242 e. The van der Waals surface area contributed by atoms with E-state index in [9.17, 15) is 4.79 Å². The van der Waals surface area contributed by atoms with Gasteiger partial charge in [0, 0.05) is 17.6 Å². The fourth-order valence-corrected chi connectivity index (χ4v) is 5.84. The number of thiophene rings is 1. The Balaban J connectivity index is 1.33. The Morgan fingerprint density at radius 2 is 2.16 bits per heavy atom. The molecule has 1 N–H and O–H groups in total. The summed E-state index contributed by atoms with van der Waals surface area (Å²) < 4.78 is 1.94. The zero-order valence-electron chi connectivity index (χ0n) is 14.3. The van der Waals surface area contributed by atoms with Gasteiger partial charge < -0.3 is 10.2 Å². The number of carbonyl (C=O) groups is 1. The fraction of sp³-hybridized carbons (Fsp3) is 0.556. The summed E-state index contributed by atoms with van der Waals surface area (Å²) in [6.45, 7) is 4.31. The average Bonchev–Trinajstić information content (AvgIpc) is 3.29. The molecule has 2 aromatic heterocycles. The number of anilines is 1. The van der Waals surface area contributed by atoms with Crippen molar-refractivity contribution in [3.05, 3.63) is 34.3 Å². The molecule has 0 unspecified atom stereocenters. The lowest BCUT2D eigenvalue weighted by Gasteiger charge is -2.26. The number of rotatable bonds is 5. The second-order valence-corrected chi connectivity index (χ2v) is 8.90. The molecule has 0 saturated carbocycles. The summed E-state index contributed by atoms with van der Waals surface area (Å²) in [5.41, 5.74) is 1.99. The molecule has 5 nitrogen and oxygen atoms in total. The lowest BCUT2D eigenvalue weighted by atomic mass is 10.1. The molecular weight excluding hydrogens is 352 g/mol. The van der Waals surface area contributed by atoms with Gasteiger partial charge >= 0.3 is 0 Å². The van der Waals surface area contributed by atoms with Crippen molar-refractivity contribution in [3.63, 3.8) is 0 Å². The Bertz CT molecular complexity index is 720. The number of aryl methyl sites for hydroxylation is 1. The molecule has 7 heteroatoms. The Hall–Kier alpha value is -1.31. The molecule has 1 fully saturated rings. The first-order valence-electron chi connectivity index (χ1n) is 9.03. The largest absolute Gasteiger partial charge is 0.322 e. The Labute approximate surface area is 156 Å². The highest BCUT2D eigenvalue weighted by Crippen LogP contribution is 2.39. The average molecular weight is 377 g/mol. The fourth-order valence-electron chi connectivity index (χ4n) is 3.55. The molecule has 0 aliphatic carbocycles. The molecule has 25 heavy (non-hydrogen) atoms. The van der Waals surface area contributed by atoms with Crippen LogP contribution in [0.5, 0.6) is 0 Å². The van der Waals surface area contributed by atoms with E-state index in [-0.39, 0.29) is 11.2 Å². The van der Waals surface area contributed by atoms with E-state index in [4.69, 9.17) is 0 Å². The van der Waals surface area contributed by atoms with E-state index in [1.807, 2.05) is 10.9 Å². The van der Waals surface area contributed by atoms with Gasteiger partial charge in [-0.3, -0.25) is 9.48 Å². The molecule has 2 aliphatic heterocycles. The van der Waals surface area contributed by atoms with Crippen molar-refractivity contribution in [2.75, 3.05) is 30.7 Å². The van der Waals surface area contributed by atoms with E-state index < -0.39 is 0 Å². The van der Waals surface area contributed by atoms with Gasteiger partial charge in [-0.05, 0) is 55.1 Å². The molecule has 0 spiro atoms. The van der Waals surface area contributed by atoms with E-state index in [1.165, 1.54) is 42.8 Å². The number of hydrogen-bond donors (Lipinski definition) is 1. The van der Waals surface area contributed by atoms with E-state index in [0.29, 0.717) is 0 Å². The van der Waals surface area contributed by atoms with Crippen molar-refractivity contribution >= 4 is 34.7 Å². The predicted molar refractivity (Wildman–Crippen MR) is 104 cm³/mol. The number of nitrogens with zero attached hydrogens (tertiary/aromatic N) is 3. The van der Waals surface area contributed by atoms with Crippen LogP contribution in [-0.2, 0) is 17.8 Å². The normalized spacial score (nSPS) is 21.0. The molecule has 0 bridgehead atoms. The first-order valence-corrected chi connectivity index (χ1v) is 11.0. The molecule has 1 saturated heterocycles. The number of thioether (sulfide) groups is 1. The highest BCUT2D eigenvalue weighted by atomic mass is 32.2. The van der Waals surface area contributed by atoms with Crippen LogP contribution in [0.1, 0.15) is 35.0 Å². The first kappa shape index (κ1) is 17.1. The van der Waals surface area contributed by atoms with Crippen molar-refractivity contribution in [3.8, 4) is 0 Å². The zero-order valence-corrected chi connectivity index (χ0v) is 16.0. The third-order valence-electron chi connectivity index (χ3n) is 4.91. The van der Waals surface area contributed by atoms with Crippen LogP contribution < -0.4 is 5.32 Å². The van der Waals surface area contributed by atoms with Crippen LogP contribution in [0, 0.1) is 0 Å². The number of fused-ring (bicyclic) bond motifs is 1. The summed E-state index contributed by atoms with van der Waals surface area (Å²) >= 11 is 3.50. The monoisotopic (exact) mass is 376 g/mol. The SMILES string of the molecule is O=C(Nc1cnn(CCN2CCCCC2)c1)[C@H]1SCCc2sccc21. The van der Waals surface area contributed by atoms with Gasteiger partial charge in [-0.15, -0.1) is 23.1 Å².